The van der Waals surface area contributed by atoms with E-state index in [4.69, 9.17) is 11.6 Å². The van der Waals surface area contributed by atoms with Crippen LogP contribution < -0.4 is 21.5 Å². The second kappa shape index (κ2) is 10.9. The first-order chi connectivity index (χ1) is 15.0. The van der Waals surface area contributed by atoms with Gasteiger partial charge in [-0.2, -0.15) is 11.8 Å². The minimum atomic E-state index is -0.621. The second-order valence-corrected chi connectivity index (χ2v) is 7.93. The number of aromatic nitrogens is 2. The lowest BCUT2D eigenvalue weighted by molar-refractivity contribution is 0.262. The van der Waals surface area contributed by atoms with Crippen LogP contribution in [0.2, 0.25) is 5.02 Å². The molecule has 10 heteroatoms. The highest BCUT2D eigenvalue weighted by Crippen LogP contribution is 2.23. The summed E-state index contributed by atoms with van der Waals surface area (Å²) in [5.74, 6) is 0.584. The molecule has 2 aromatic carbocycles. The lowest BCUT2D eigenvalue weighted by atomic mass is 10.1. The number of urea groups is 1. The Morgan fingerprint density at radius 1 is 1.19 bits per heavy atom. The first kappa shape index (κ1) is 22.8. The maximum atomic E-state index is 12.9. The summed E-state index contributed by atoms with van der Waals surface area (Å²) in [6, 6.07) is 10.0. The molecule has 3 rings (SSSR count). The number of benzene rings is 2. The third-order valence-corrected chi connectivity index (χ3v) is 5.26. The number of hydrogen-bond acceptors (Lipinski definition) is 5. The number of thioether (sulfide) groups is 1. The average Bonchev–Trinajstić information content (AvgIpc) is 2.74. The zero-order valence-electron chi connectivity index (χ0n) is 16.7. The molecule has 0 aliphatic rings. The molecule has 0 radical (unpaired) electrons. The van der Waals surface area contributed by atoms with Crippen LogP contribution in [0.5, 0.6) is 0 Å². The molecule has 1 heterocycles. The van der Waals surface area contributed by atoms with E-state index >= 15 is 0 Å². The predicted molar refractivity (Wildman–Crippen MR) is 124 cm³/mol. The summed E-state index contributed by atoms with van der Waals surface area (Å²) in [6.45, 7) is 1.52. The van der Waals surface area contributed by atoms with E-state index in [1.54, 1.807) is 23.9 Å². The molecule has 0 bridgehead atoms. The van der Waals surface area contributed by atoms with Gasteiger partial charge in [-0.05, 0) is 47.7 Å². The topological polar surface area (TPSA) is 98.9 Å². The summed E-state index contributed by atoms with van der Waals surface area (Å²) >= 11 is 8.13. The fourth-order valence-electron chi connectivity index (χ4n) is 2.72. The van der Waals surface area contributed by atoms with Crippen molar-refractivity contribution in [1.82, 2.24) is 15.3 Å². The van der Waals surface area contributed by atoms with Gasteiger partial charge in [-0.25, -0.2) is 14.2 Å². The van der Waals surface area contributed by atoms with Crippen molar-refractivity contribution < 1.29 is 9.18 Å². The van der Waals surface area contributed by atoms with Crippen LogP contribution in [0.1, 0.15) is 5.56 Å². The summed E-state index contributed by atoms with van der Waals surface area (Å²) in [5.41, 5.74) is 1.86. The quantitative estimate of drug-likeness (QED) is 0.374. The highest BCUT2D eigenvalue weighted by molar-refractivity contribution is 7.98. The number of carbonyl (C=O) groups is 1. The second-order valence-electron chi connectivity index (χ2n) is 6.54. The van der Waals surface area contributed by atoms with Crippen LogP contribution in [0.15, 0.2) is 53.5 Å². The lowest BCUT2D eigenvalue weighted by Crippen LogP contribution is -2.23. The Balaban J connectivity index is 1.66. The fourth-order valence-corrected chi connectivity index (χ4v) is 3.32. The normalized spacial score (nSPS) is 10.7. The lowest BCUT2D eigenvalue weighted by Gasteiger charge is -2.09. The van der Waals surface area contributed by atoms with Gasteiger partial charge in [-0.15, -0.1) is 0 Å². The van der Waals surface area contributed by atoms with Gasteiger partial charge in [0.05, 0.1) is 5.56 Å². The van der Waals surface area contributed by atoms with E-state index in [0.29, 0.717) is 28.4 Å². The number of nitrogens with zero attached hydrogens (tertiary/aromatic N) is 1. The Labute approximate surface area is 187 Å². The Morgan fingerprint density at radius 3 is 2.65 bits per heavy atom. The summed E-state index contributed by atoms with van der Waals surface area (Å²) in [5, 5.41) is 8.81. The van der Waals surface area contributed by atoms with Gasteiger partial charge in [-0.3, -0.25) is 15.1 Å². The molecule has 1 aromatic heterocycles. The van der Waals surface area contributed by atoms with Crippen LogP contribution in [0.25, 0.3) is 11.1 Å². The SMILES string of the molecule is CSCCNCc1ccc(-c2cnc(NC(=O)Nc3ccc(F)cc3)[nH]c2=O)cc1Cl. The van der Waals surface area contributed by atoms with Gasteiger partial charge in [0.15, 0.2) is 0 Å². The van der Waals surface area contributed by atoms with Gasteiger partial charge in [0, 0.05) is 35.7 Å². The minimum absolute atomic E-state index is 0.0194. The number of aromatic amines is 1. The van der Waals surface area contributed by atoms with E-state index < -0.39 is 17.4 Å². The van der Waals surface area contributed by atoms with Crippen molar-refractivity contribution >= 4 is 41.0 Å². The number of hydrogen-bond donors (Lipinski definition) is 4. The van der Waals surface area contributed by atoms with Gasteiger partial charge in [0.2, 0.25) is 5.95 Å². The molecular weight excluding hydrogens is 441 g/mol. The molecule has 0 fully saturated rings. The predicted octanol–water partition coefficient (Wildman–Crippen LogP) is 4.33. The molecule has 4 N–H and O–H groups in total. The maximum Gasteiger partial charge on any atom is 0.326 e. The molecule has 0 aliphatic heterocycles. The molecule has 3 aromatic rings. The molecule has 162 valence electrons. The van der Waals surface area contributed by atoms with Crippen molar-refractivity contribution in [2.75, 3.05) is 29.2 Å². The Bertz CT molecular complexity index is 1110. The van der Waals surface area contributed by atoms with Crippen molar-refractivity contribution in [2.45, 2.75) is 6.54 Å². The summed E-state index contributed by atoms with van der Waals surface area (Å²) in [6.07, 6.45) is 3.42. The Kier molecular flexibility index (Phi) is 8.05. The van der Waals surface area contributed by atoms with Crippen LogP contribution in [0, 0.1) is 5.82 Å². The highest BCUT2D eigenvalue weighted by Gasteiger charge is 2.10. The fraction of sp³-hybridized carbons (Fsp3) is 0.190. The van der Waals surface area contributed by atoms with Crippen LogP contribution in [-0.4, -0.2) is 34.6 Å². The molecule has 0 atom stereocenters. The standard InChI is InChI=1S/C21H21ClFN5O2S/c1-31-9-8-24-11-14-3-2-13(10-18(14)22)17-12-25-20(27-19(17)29)28-21(30)26-16-6-4-15(23)5-7-16/h2-7,10,12,24H,8-9,11H2,1H3,(H3,25,26,27,28,29,30). The van der Waals surface area contributed by atoms with Crippen molar-refractivity contribution in [1.29, 1.82) is 0 Å². The summed E-state index contributed by atoms with van der Waals surface area (Å²) in [7, 11) is 0. The van der Waals surface area contributed by atoms with E-state index in [1.807, 2.05) is 12.3 Å². The third-order valence-electron chi connectivity index (χ3n) is 4.30. The number of amides is 2. The van der Waals surface area contributed by atoms with Crippen molar-refractivity contribution in [3.8, 4) is 11.1 Å². The first-order valence-electron chi connectivity index (χ1n) is 9.37. The van der Waals surface area contributed by atoms with E-state index in [9.17, 15) is 14.0 Å². The molecule has 0 unspecified atom stereocenters. The Hall–Kier alpha value is -2.88. The third kappa shape index (κ3) is 6.55. The van der Waals surface area contributed by atoms with Gasteiger partial charge in [0.1, 0.15) is 5.82 Å². The largest absolute Gasteiger partial charge is 0.326 e. The number of halogens is 2. The average molecular weight is 462 g/mol. The first-order valence-corrected chi connectivity index (χ1v) is 11.1. The number of rotatable bonds is 8. The van der Waals surface area contributed by atoms with Gasteiger partial charge in [-0.1, -0.05) is 23.7 Å². The molecule has 31 heavy (non-hydrogen) atoms. The molecule has 0 spiro atoms. The van der Waals surface area contributed by atoms with Crippen LogP contribution in [0.3, 0.4) is 0 Å². The minimum Gasteiger partial charge on any atom is -0.312 e. The van der Waals surface area contributed by atoms with E-state index in [2.05, 4.69) is 25.9 Å². The number of anilines is 2. The van der Waals surface area contributed by atoms with Gasteiger partial charge < -0.3 is 10.6 Å². The number of nitrogens with one attached hydrogen (secondary N) is 4. The summed E-state index contributed by atoms with van der Waals surface area (Å²) < 4.78 is 12.9. The molecule has 0 saturated carbocycles. The van der Waals surface area contributed by atoms with Crippen molar-refractivity contribution in [3.63, 3.8) is 0 Å². The number of carbonyl (C=O) groups excluding carboxylic acids is 1. The highest BCUT2D eigenvalue weighted by atomic mass is 35.5. The van der Waals surface area contributed by atoms with Crippen molar-refractivity contribution in [3.05, 3.63) is 75.4 Å². The molecule has 0 saturated heterocycles. The Morgan fingerprint density at radius 2 is 1.97 bits per heavy atom. The van der Waals surface area contributed by atoms with E-state index in [1.165, 1.54) is 30.5 Å². The van der Waals surface area contributed by atoms with E-state index in [-0.39, 0.29) is 5.95 Å². The molecular formula is C21H21ClFN5O2S. The molecule has 0 aliphatic carbocycles. The van der Waals surface area contributed by atoms with Gasteiger partial charge in [0.25, 0.3) is 5.56 Å². The maximum absolute atomic E-state index is 12.9. The van der Waals surface area contributed by atoms with E-state index in [0.717, 1.165) is 17.9 Å². The van der Waals surface area contributed by atoms with Crippen molar-refractivity contribution in [2.24, 2.45) is 0 Å². The zero-order valence-corrected chi connectivity index (χ0v) is 18.2. The monoisotopic (exact) mass is 461 g/mol. The smallest absolute Gasteiger partial charge is 0.312 e. The number of H-pyrrole nitrogens is 1. The molecule has 7 nitrogen and oxygen atoms in total. The molecule has 2 amide bonds. The van der Waals surface area contributed by atoms with Crippen LogP contribution >= 0.6 is 23.4 Å². The van der Waals surface area contributed by atoms with Gasteiger partial charge >= 0.3 is 6.03 Å². The van der Waals surface area contributed by atoms with Crippen LogP contribution in [0.4, 0.5) is 20.8 Å². The zero-order chi connectivity index (χ0) is 22.2. The summed E-state index contributed by atoms with van der Waals surface area (Å²) in [4.78, 5) is 31.1. The van der Waals surface area contributed by atoms with Crippen LogP contribution in [-0.2, 0) is 6.54 Å².